The molecule has 0 saturated carbocycles. The maximum absolute atomic E-state index is 13.5. The molecule has 0 spiro atoms. The van der Waals surface area contributed by atoms with Crippen molar-refractivity contribution in [3.63, 3.8) is 0 Å². The molecule has 2 unspecified atom stereocenters. The number of nitrogens with one attached hydrogen (secondary N) is 1. The van der Waals surface area contributed by atoms with E-state index in [1.54, 1.807) is 6.07 Å². The zero-order valence-electron chi connectivity index (χ0n) is 9.99. The van der Waals surface area contributed by atoms with Gasteiger partial charge in [-0.05, 0) is 49.4 Å². The van der Waals surface area contributed by atoms with Gasteiger partial charge in [-0.15, -0.1) is 0 Å². The molecule has 2 aliphatic heterocycles. The van der Waals surface area contributed by atoms with E-state index in [-0.39, 0.29) is 5.56 Å². The Morgan fingerprint density at radius 3 is 2.56 bits per heavy atom. The van der Waals surface area contributed by atoms with Crippen LogP contribution in [0.4, 0.5) is 4.39 Å². The summed E-state index contributed by atoms with van der Waals surface area (Å²) in [6.45, 7) is 0. The van der Waals surface area contributed by atoms with Crippen molar-refractivity contribution >= 4 is 0 Å². The molecule has 3 nitrogen and oxygen atoms in total. The van der Waals surface area contributed by atoms with Gasteiger partial charge in [0.05, 0.1) is 17.2 Å². The Morgan fingerprint density at radius 1 is 1.28 bits per heavy atom. The molecule has 1 aromatic rings. The first kappa shape index (κ1) is 11.6. The number of hydrogen-bond donors (Lipinski definition) is 2. The average molecular weight is 246 g/mol. The van der Waals surface area contributed by atoms with E-state index in [1.165, 1.54) is 12.1 Å². The predicted molar refractivity (Wildman–Crippen MR) is 64.2 cm³/mol. The van der Waals surface area contributed by atoms with Gasteiger partial charge in [0, 0.05) is 12.1 Å². The number of benzene rings is 1. The Balaban J connectivity index is 1.99. The summed E-state index contributed by atoms with van der Waals surface area (Å²) in [5, 5.41) is 23.1. The van der Waals surface area contributed by atoms with Crippen LogP contribution in [0.1, 0.15) is 36.8 Å². The summed E-state index contributed by atoms with van der Waals surface area (Å²) in [4.78, 5) is 0. The van der Waals surface area contributed by atoms with Crippen LogP contribution in [-0.4, -0.2) is 17.2 Å². The van der Waals surface area contributed by atoms with Crippen LogP contribution < -0.4 is 5.32 Å². The van der Waals surface area contributed by atoms with Crippen LogP contribution in [0, 0.1) is 17.1 Å². The number of halogens is 1. The van der Waals surface area contributed by atoms with Gasteiger partial charge in [-0.25, -0.2) is 4.39 Å². The fourth-order valence-electron chi connectivity index (χ4n) is 3.28. The van der Waals surface area contributed by atoms with E-state index in [1.807, 2.05) is 6.07 Å². The summed E-state index contributed by atoms with van der Waals surface area (Å²) in [7, 11) is 0. The number of hydrogen-bond acceptors (Lipinski definition) is 3. The molecule has 0 amide bonds. The monoisotopic (exact) mass is 246 g/mol. The molecule has 2 bridgehead atoms. The van der Waals surface area contributed by atoms with Crippen molar-refractivity contribution in [2.75, 3.05) is 0 Å². The van der Waals surface area contributed by atoms with Gasteiger partial charge in [0.25, 0.3) is 0 Å². The van der Waals surface area contributed by atoms with E-state index >= 15 is 0 Å². The van der Waals surface area contributed by atoms with Crippen molar-refractivity contribution in [2.24, 2.45) is 0 Å². The van der Waals surface area contributed by atoms with Gasteiger partial charge >= 0.3 is 0 Å². The molecule has 0 aromatic heterocycles. The first-order valence-electron chi connectivity index (χ1n) is 6.29. The molecule has 4 heteroatoms. The third-order valence-electron chi connectivity index (χ3n) is 4.07. The van der Waals surface area contributed by atoms with E-state index in [0.717, 1.165) is 12.8 Å². The van der Waals surface area contributed by atoms with Crippen LogP contribution in [0.15, 0.2) is 18.2 Å². The van der Waals surface area contributed by atoms with E-state index in [0.29, 0.717) is 30.5 Å². The van der Waals surface area contributed by atoms with Crippen molar-refractivity contribution in [3.05, 3.63) is 35.1 Å². The second kappa shape index (κ2) is 4.04. The van der Waals surface area contributed by atoms with Crippen LogP contribution in [0.2, 0.25) is 0 Å². The summed E-state index contributed by atoms with van der Waals surface area (Å²) in [6.07, 6.45) is 3.32. The van der Waals surface area contributed by atoms with Gasteiger partial charge in [-0.2, -0.15) is 5.26 Å². The second-order valence-corrected chi connectivity index (χ2v) is 5.42. The number of fused-ring (bicyclic) bond motifs is 2. The SMILES string of the molecule is N#Cc1cc(F)cc(C2(O)CC3CCC(C2)N3)c1. The maximum Gasteiger partial charge on any atom is 0.124 e. The summed E-state index contributed by atoms with van der Waals surface area (Å²) < 4.78 is 13.5. The summed E-state index contributed by atoms with van der Waals surface area (Å²) in [6, 6.07) is 6.71. The first-order valence-corrected chi connectivity index (χ1v) is 6.29. The molecule has 3 rings (SSSR count). The summed E-state index contributed by atoms with van der Waals surface area (Å²) in [5.74, 6) is -0.455. The van der Waals surface area contributed by atoms with Crippen LogP contribution in [0.5, 0.6) is 0 Å². The predicted octanol–water partition coefficient (Wildman–Crippen LogP) is 1.80. The van der Waals surface area contributed by atoms with Gasteiger partial charge in [0.1, 0.15) is 5.82 Å². The lowest BCUT2D eigenvalue weighted by Gasteiger charge is -2.37. The molecular weight excluding hydrogens is 231 g/mol. The van der Waals surface area contributed by atoms with Crippen molar-refractivity contribution in [1.29, 1.82) is 5.26 Å². The van der Waals surface area contributed by atoms with Gasteiger partial charge in [-0.1, -0.05) is 0 Å². The molecule has 2 aliphatic rings. The quantitative estimate of drug-likeness (QED) is 0.794. The third-order valence-corrected chi connectivity index (χ3v) is 4.07. The summed E-state index contributed by atoms with van der Waals surface area (Å²) in [5.41, 5.74) is -0.188. The third kappa shape index (κ3) is 1.90. The highest BCUT2D eigenvalue weighted by atomic mass is 19.1. The molecule has 0 aliphatic carbocycles. The molecule has 18 heavy (non-hydrogen) atoms. The highest BCUT2D eigenvalue weighted by Crippen LogP contribution is 2.40. The Bertz CT molecular complexity index is 511. The second-order valence-electron chi connectivity index (χ2n) is 5.42. The lowest BCUT2D eigenvalue weighted by molar-refractivity contribution is -0.0117. The number of nitrogens with zero attached hydrogens (tertiary/aromatic N) is 1. The lowest BCUT2D eigenvalue weighted by Crippen LogP contribution is -2.46. The van der Waals surface area contributed by atoms with E-state index in [9.17, 15) is 9.50 Å². The molecule has 2 fully saturated rings. The van der Waals surface area contributed by atoms with Crippen LogP contribution in [-0.2, 0) is 5.60 Å². The van der Waals surface area contributed by atoms with Gasteiger partial charge in [-0.3, -0.25) is 0 Å². The molecule has 2 N–H and O–H groups in total. The minimum absolute atomic E-state index is 0.268. The fourth-order valence-corrected chi connectivity index (χ4v) is 3.28. The van der Waals surface area contributed by atoms with Crippen molar-refractivity contribution < 1.29 is 9.50 Å². The van der Waals surface area contributed by atoms with Gasteiger partial charge in [0.15, 0.2) is 0 Å². The summed E-state index contributed by atoms with van der Waals surface area (Å²) >= 11 is 0. The van der Waals surface area contributed by atoms with Gasteiger partial charge in [0.2, 0.25) is 0 Å². The number of rotatable bonds is 1. The minimum Gasteiger partial charge on any atom is -0.385 e. The average Bonchev–Trinajstić information content (AvgIpc) is 2.68. The Hall–Kier alpha value is -1.44. The molecule has 2 saturated heterocycles. The molecule has 2 atom stereocenters. The van der Waals surface area contributed by atoms with Gasteiger partial charge < -0.3 is 10.4 Å². The van der Waals surface area contributed by atoms with Crippen molar-refractivity contribution in [1.82, 2.24) is 5.32 Å². The highest BCUT2D eigenvalue weighted by molar-refractivity contribution is 5.37. The number of piperidine rings is 1. The molecule has 1 aromatic carbocycles. The van der Waals surface area contributed by atoms with E-state index in [2.05, 4.69) is 5.32 Å². The molecule has 2 heterocycles. The molecule has 0 radical (unpaired) electrons. The topological polar surface area (TPSA) is 56.0 Å². The zero-order chi connectivity index (χ0) is 12.8. The maximum atomic E-state index is 13.5. The van der Waals surface area contributed by atoms with E-state index in [4.69, 9.17) is 5.26 Å². The fraction of sp³-hybridized carbons (Fsp3) is 0.500. The minimum atomic E-state index is -0.995. The first-order chi connectivity index (χ1) is 8.59. The smallest absolute Gasteiger partial charge is 0.124 e. The Morgan fingerprint density at radius 2 is 1.94 bits per heavy atom. The largest absolute Gasteiger partial charge is 0.385 e. The Labute approximate surface area is 105 Å². The van der Waals surface area contributed by atoms with Crippen LogP contribution in [0.3, 0.4) is 0 Å². The zero-order valence-corrected chi connectivity index (χ0v) is 9.99. The van der Waals surface area contributed by atoms with Crippen molar-refractivity contribution in [2.45, 2.75) is 43.4 Å². The molecule has 94 valence electrons. The van der Waals surface area contributed by atoms with Crippen LogP contribution in [0.25, 0.3) is 0 Å². The van der Waals surface area contributed by atoms with Crippen molar-refractivity contribution in [3.8, 4) is 6.07 Å². The van der Waals surface area contributed by atoms with E-state index < -0.39 is 11.4 Å². The standard InChI is InChI=1S/C14H15FN2O/c15-11-4-9(8-16)3-10(5-11)14(18)6-12-1-2-13(7-14)17-12/h3-5,12-13,17-18H,1-2,6-7H2. The highest BCUT2D eigenvalue weighted by Gasteiger charge is 2.43. The lowest BCUT2D eigenvalue weighted by atomic mass is 9.81. The normalized spacial score (nSPS) is 34.3. The number of aliphatic hydroxyl groups is 1. The number of nitriles is 1. The van der Waals surface area contributed by atoms with Crippen LogP contribution >= 0.6 is 0 Å². The molecular formula is C14H15FN2O. The Kier molecular flexibility index (Phi) is 2.61.